The Bertz CT molecular complexity index is 1370. The van der Waals surface area contributed by atoms with E-state index in [9.17, 15) is 19.2 Å². The van der Waals surface area contributed by atoms with Crippen molar-refractivity contribution < 1.29 is 23.9 Å². The van der Waals surface area contributed by atoms with Crippen LogP contribution in [-0.2, 0) is 20.9 Å². The van der Waals surface area contributed by atoms with E-state index in [2.05, 4.69) is 5.32 Å². The van der Waals surface area contributed by atoms with E-state index in [1.807, 2.05) is 6.92 Å². The number of amides is 3. The van der Waals surface area contributed by atoms with Gasteiger partial charge in [0, 0.05) is 17.3 Å². The maximum absolute atomic E-state index is 13.9. The van der Waals surface area contributed by atoms with Crippen LogP contribution in [0, 0.1) is 0 Å². The highest BCUT2D eigenvalue weighted by Gasteiger charge is 2.43. The summed E-state index contributed by atoms with van der Waals surface area (Å²) in [6.45, 7) is 3.20. The first kappa shape index (κ1) is 26.9. The summed E-state index contributed by atoms with van der Waals surface area (Å²) in [6, 6.07) is 20.4. The number of methoxy groups -OCH3 is 1. The second kappa shape index (κ2) is 11.1. The topological polar surface area (TPSA) is 96.0 Å². The number of fused-ring (bicyclic) bond motifs is 1. The standard InChI is InChI=1S/C29H28ClN3O5/c1-4-29(2,28(37)31-21-13-15-22(38-3)16-14-21)33(17-19-9-11-20(30)12-10-19)25(34)18-32-24-8-6-5-7-23(24)26(35)27(32)36/h5-16H,4,17-18H2,1-3H3,(H,31,37). The third-order valence-electron chi connectivity index (χ3n) is 6.85. The molecule has 4 rings (SSSR count). The summed E-state index contributed by atoms with van der Waals surface area (Å²) in [5.41, 5.74) is 0.642. The summed E-state index contributed by atoms with van der Waals surface area (Å²) in [5, 5.41) is 3.44. The number of para-hydroxylation sites is 1. The zero-order valence-electron chi connectivity index (χ0n) is 21.4. The van der Waals surface area contributed by atoms with Crippen LogP contribution in [0.1, 0.15) is 36.2 Å². The monoisotopic (exact) mass is 533 g/mol. The first-order valence-electron chi connectivity index (χ1n) is 12.1. The molecule has 0 radical (unpaired) electrons. The fourth-order valence-electron chi connectivity index (χ4n) is 4.35. The molecule has 1 aliphatic rings. The Kier molecular flexibility index (Phi) is 7.83. The molecule has 0 saturated carbocycles. The minimum absolute atomic E-state index is 0.0913. The number of hydrogen-bond acceptors (Lipinski definition) is 5. The molecule has 3 aromatic rings. The van der Waals surface area contributed by atoms with E-state index in [0.717, 1.165) is 5.56 Å². The van der Waals surface area contributed by atoms with Gasteiger partial charge in [-0.3, -0.25) is 24.1 Å². The van der Waals surface area contributed by atoms with Crippen LogP contribution in [0.3, 0.4) is 0 Å². The van der Waals surface area contributed by atoms with Crippen LogP contribution in [0.4, 0.5) is 11.4 Å². The van der Waals surface area contributed by atoms with Gasteiger partial charge >= 0.3 is 0 Å². The maximum atomic E-state index is 13.9. The summed E-state index contributed by atoms with van der Waals surface area (Å²) < 4.78 is 5.18. The number of ketones is 1. The molecule has 0 aromatic heterocycles. The van der Waals surface area contributed by atoms with E-state index >= 15 is 0 Å². The number of rotatable bonds is 9. The van der Waals surface area contributed by atoms with E-state index in [-0.39, 0.29) is 25.1 Å². The molecule has 3 aromatic carbocycles. The number of benzene rings is 3. The van der Waals surface area contributed by atoms with Crippen molar-refractivity contribution in [2.45, 2.75) is 32.4 Å². The molecule has 3 amide bonds. The second-order valence-corrected chi connectivity index (χ2v) is 9.59. The highest BCUT2D eigenvalue weighted by Crippen LogP contribution is 2.31. The van der Waals surface area contributed by atoms with Gasteiger partial charge in [-0.2, -0.15) is 0 Å². The van der Waals surface area contributed by atoms with Crippen LogP contribution in [0.5, 0.6) is 5.75 Å². The lowest BCUT2D eigenvalue weighted by molar-refractivity contribution is -0.145. The molecule has 1 N–H and O–H groups in total. The van der Waals surface area contributed by atoms with Crippen molar-refractivity contribution in [3.8, 4) is 5.75 Å². The van der Waals surface area contributed by atoms with Crippen LogP contribution in [0.2, 0.25) is 5.02 Å². The minimum atomic E-state index is -1.29. The van der Waals surface area contributed by atoms with Gasteiger partial charge in [0.1, 0.15) is 17.8 Å². The van der Waals surface area contributed by atoms with Crippen molar-refractivity contribution in [1.82, 2.24) is 4.90 Å². The van der Waals surface area contributed by atoms with E-state index in [0.29, 0.717) is 22.1 Å². The lowest BCUT2D eigenvalue weighted by Crippen LogP contribution is -2.58. The molecule has 9 heteroatoms. The van der Waals surface area contributed by atoms with E-state index in [4.69, 9.17) is 16.3 Å². The van der Waals surface area contributed by atoms with Crippen molar-refractivity contribution in [1.29, 1.82) is 0 Å². The summed E-state index contributed by atoms with van der Waals surface area (Å²) in [5.74, 6) is -1.66. The average Bonchev–Trinajstić information content (AvgIpc) is 3.17. The Morgan fingerprint density at radius 3 is 2.29 bits per heavy atom. The summed E-state index contributed by atoms with van der Waals surface area (Å²) in [7, 11) is 1.55. The smallest absolute Gasteiger partial charge is 0.299 e. The first-order chi connectivity index (χ1) is 18.2. The molecule has 0 bridgehead atoms. The molecular formula is C29H28ClN3O5. The Hall–Kier alpha value is -4.17. The quantitative estimate of drug-likeness (QED) is 0.402. The zero-order valence-corrected chi connectivity index (χ0v) is 22.1. The van der Waals surface area contributed by atoms with Crippen molar-refractivity contribution >= 4 is 46.5 Å². The Morgan fingerprint density at radius 1 is 1.00 bits per heavy atom. The van der Waals surface area contributed by atoms with Crippen LogP contribution >= 0.6 is 11.6 Å². The van der Waals surface area contributed by atoms with Gasteiger partial charge < -0.3 is 15.0 Å². The normalized spacial score (nSPS) is 14.1. The van der Waals surface area contributed by atoms with Crippen LogP contribution < -0.4 is 15.0 Å². The largest absolute Gasteiger partial charge is 0.497 e. The number of anilines is 2. The second-order valence-electron chi connectivity index (χ2n) is 9.15. The minimum Gasteiger partial charge on any atom is -0.497 e. The predicted molar refractivity (Wildman–Crippen MR) is 145 cm³/mol. The van der Waals surface area contributed by atoms with Gasteiger partial charge in [-0.1, -0.05) is 42.8 Å². The Labute approximate surface area is 226 Å². The zero-order chi connectivity index (χ0) is 27.4. The molecule has 196 valence electrons. The molecule has 1 heterocycles. The van der Waals surface area contributed by atoms with Gasteiger partial charge in [0.15, 0.2) is 0 Å². The van der Waals surface area contributed by atoms with Crippen molar-refractivity contribution in [3.05, 3.63) is 88.9 Å². The van der Waals surface area contributed by atoms with Crippen LogP contribution in [0.25, 0.3) is 0 Å². The Morgan fingerprint density at radius 2 is 1.66 bits per heavy atom. The Balaban J connectivity index is 1.66. The molecular weight excluding hydrogens is 506 g/mol. The molecule has 38 heavy (non-hydrogen) atoms. The number of carbonyl (C=O) groups excluding carboxylic acids is 4. The number of Topliss-reactive ketones (excluding diaryl/α,β-unsaturated/α-hetero) is 1. The van der Waals surface area contributed by atoms with Gasteiger partial charge in [0.25, 0.3) is 11.7 Å². The van der Waals surface area contributed by atoms with Crippen molar-refractivity contribution in [2.24, 2.45) is 0 Å². The summed E-state index contributed by atoms with van der Waals surface area (Å²) in [6.07, 6.45) is 0.289. The highest BCUT2D eigenvalue weighted by atomic mass is 35.5. The average molecular weight is 534 g/mol. The predicted octanol–water partition coefficient (Wildman–Crippen LogP) is 4.71. The van der Waals surface area contributed by atoms with Crippen LogP contribution in [0.15, 0.2) is 72.8 Å². The molecule has 0 saturated heterocycles. The SMILES string of the molecule is CCC(C)(C(=O)Nc1ccc(OC)cc1)N(Cc1ccc(Cl)cc1)C(=O)CN1C(=O)C(=O)c2ccccc21. The number of ether oxygens (including phenoxy) is 1. The molecule has 1 unspecified atom stereocenters. The van der Waals surface area contributed by atoms with Gasteiger partial charge in [-0.05, 0) is 67.4 Å². The number of halogens is 1. The summed E-state index contributed by atoms with van der Waals surface area (Å²) >= 11 is 6.05. The molecule has 0 aliphatic carbocycles. The van der Waals surface area contributed by atoms with Crippen LogP contribution in [-0.4, -0.2) is 47.6 Å². The molecule has 0 spiro atoms. The van der Waals surface area contributed by atoms with Crippen molar-refractivity contribution in [2.75, 3.05) is 23.9 Å². The fourth-order valence-corrected chi connectivity index (χ4v) is 4.48. The third kappa shape index (κ3) is 5.26. The molecule has 1 aliphatic heterocycles. The van der Waals surface area contributed by atoms with E-state index in [1.54, 1.807) is 86.8 Å². The van der Waals surface area contributed by atoms with Gasteiger partial charge in [-0.25, -0.2) is 0 Å². The van der Waals surface area contributed by atoms with Gasteiger partial charge in [0.05, 0.1) is 18.4 Å². The maximum Gasteiger partial charge on any atom is 0.299 e. The number of hydrogen-bond donors (Lipinski definition) is 1. The van der Waals surface area contributed by atoms with E-state index < -0.39 is 29.0 Å². The van der Waals surface area contributed by atoms with Crippen molar-refractivity contribution in [3.63, 3.8) is 0 Å². The first-order valence-corrected chi connectivity index (χ1v) is 12.5. The number of nitrogens with one attached hydrogen (secondary N) is 1. The van der Waals surface area contributed by atoms with Gasteiger partial charge in [0.2, 0.25) is 11.8 Å². The fraction of sp³-hybridized carbons (Fsp3) is 0.241. The third-order valence-corrected chi connectivity index (χ3v) is 7.10. The number of carbonyl (C=O) groups is 4. The molecule has 8 nitrogen and oxygen atoms in total. The molecule has 0 fully saturated rings. The lowest BCUT2D eigenvalue weighted by Gasteiger charge is -2.40. The van der Waals surface area contributed by atoms with E-state index in [1.165, 1.54) is 9.80 Å². The lowest BCUT2D eigenvalue weighted by atomic mass is 9.93. The van der Waals surface area contributed by atoms with Gasteiger partial charge in [-0.15, -0.1) is 0 Å². The summed E-state index contributed by atoms with van der Waals surface area (Å²) in [4.78, 5) is 55.4. The highest BCUT2D eigenvalue weighted by molar-refractivity contribution is 6.52. The molecule has 1 atom stereocenters. The number of nitrogens with zero attached hydrogens (tertiary/aromatic N) is 2.